The Balaban J connectivity index is 2.03. The van der Waals surface area contributed by atoms with E-state index in [1.54, 1.807) is 0 Å². The number of nitrogen functional groups attached to an aromatic ring is 2. The van der Waals surface area contributed by atoms with Gasteiger partial charge < -0.3 is 16.2 Å². The van der Waals surface area contributed by atoms with E-state index >= 15 is 0 Å². The number of hydrogen-bond donors (Lipinski definition) is 2. The van der Waals surface area contributed by atoms with Crippen molar-refractivity contribution in [1.82, 2.24) is 19.9 Å². The predicted molar refractivity (Wildman–Crippen MR) is 67.0 cm³/mol. The molecule has 11 heteroatoms. The van der Waals surface area contributed by atoms with Gasteiger partial charge in [-0.15, -0.1) is 0 Å². The van der Waals surface area contributed by atoms with Crippen LogP contribution in [0.4, 0.5) is 25.1 Å². The minimum atomic E-state index is -4.53. The number of pyridine rings is 1. The largest absolute Gasteiger partial charge is 0.453 e. The number of aromatic nitrogens is 4. The Morgan fingerprint density at radius 2 is 1.77 bits per heavy atom. The van der Waals surface area contributed by atoms with Gasteiger partial charge in [-0.3, -0.25) is 0 Å². The van der Waals surface area contributed by atoms with Crippen molar-refractivity contribution in [3.63, 3.8) is 0 Å². The van der Waals surface area contributed by atoms with E-state index in [4.69, 9.17) is 16.2 Å². The molecule has 4 N–H and O–H groups in total. The first-order valence-electron chi connectivity index (χ1n) is 5.72. The zero-order chi connectivity index (χ0) is 16.3. The van der Waals surface area contributed by atoms with Crippen molar-refractivity contribution >= 4 is 17.9 Å². The Morgan fingerprint density at radius 3 is 2.27 bits per heavy atom. The van der Waals surface area contributed by atoms with Crippen LogP contribution in [0.2, 0.25) is 0 Å². The van der Waals surface area contributed by atoms with E-state index in [9.17, 15) is 18.0 Å². The van der Waals surface area contributed by atoms with E-state index in [-0.39, 0.29) is 30.0 Å². The maximum absolute atomic E-state index is 12.4. The van der Waals surface area contributed by atoms with Gasteiger partial charge in [-0.1, -0.05) is 0 Å². The van der Waals surface area contributed by atoms with Crippen LogP contribution in [0.3, 0.4) is 0 Å². The number of esters is 1. The Hall–Kier alpha value is -2.98. The molecule has 2 rings (SSSR count). The Bertz CT molecular complexity index is 669. The van der Waals surface area contributed by atoms with Gasteiger partial charge in [-0.05, 0) is 12.1 Å². The first-order chi connectivity index (χ1) is 10.3. The third kappa shape index (κ3) is 3.77. The smallest absolute Gasteiger partial charge is 0.417 e. The van der Waals surface area contributed by atoms with Crippen molar-refractivity contribution in [1.29, 1.82) is 0 Å². The van der Waals surface area contributed by atoms with Gasteiger partial charge in [-0.2, -0.15) is 28.1 Å². The van der Waals surface area contributed by atoms with Gasteiger partial charge in [0.15, 0.2) is 12.4 Å². The first kappa shape index (κ1) is 15.4. The van der Waals surface area contributed by atoms with Crippen LogP contribution in [0.15, 0.2) is 18.3 Å². The van der Waals surface area contributed by atoms with Crippen molar-refractivity contribution in [2.45, 2.75) is 12.8 Å². The van der Waals surface area contributed by atoms with E-state index in [2.05, 4.69) is 19.9 Å². The predicted octanol–water partition coefficient (Wildman–Crippen LogP) is 0.807. The van der Waals surface area contributed by atoms with Crippen LogP contribution in [-0.4, -0.2) is 25.9 Å². The monoisotopic (exact) mass is 314 g/mol. The molecule has 116 valence electrons. The summed E-state index contributed by atoms with van der Waals surface area (Å²) in [5, 5.41) is 0. The number of carbonyl (C=O) groups is 1. The second-order valence-electron chi connectivity index (χ2n) is 3.97. The second kappa shape index (κ2) is 5.79. The lowest BCUT2D eigenvalue weighted by molar-refractivity contribution is -0.137. The summed E-state index contributed by atoms with van der Waals surface area (Å²) in [5.74, 6) is -1.23. The van der Waals surface area contributed by atoms with E-state index in [0.717, 1.165) is 12.1 Å². The fourth-order valence-corrected chi connectivity index (χ4v) is 1.41. The highest BCUT2D eigenvalue weighted by molar-refractivity contribution is 5.87. The zero-order valence-electron chi connectivity index (χ0n) is 10.8. The van der Waals surface area contributed by atoms with Crippen LogP contribution in [0.1, 0.15) is 21.9 Å². The molecule has 8 nitrogen and oxygen atoms in total. The molecule has 0 saturated carbocycles. The van der Waals surface area contributed by atoms with Crippen molar-refractivity contribution in [3.8, 4) is 0 Å². The number of alkyl halides is 3. The molecule has 2 heterocycles. The van der Waals surface area contributed by atoms with Gasteiger partial charge >= 0.3 is 12.1 Å². The quantitative estimate of drug-likeness (QED) is 0.796. The van der Waals surface area contributed by atoms with E-state index in [1.807, 2.05) is 0 Å². The average molecular weight is 314 g/mol. The molecular weight excluding hydrogens is 305 g/mol. The molecule has 0 radical (unpaired) electrons. The number of carbonyl (C=O) groups excluding carboxylic acids is 1. The first-order valence-corrected chi connectivity index (χ1v) is 5.72. The summed E-state index contributed by atoms with van der Waals surface area (Å²) in [7, 11) is 0. The van der Waals surface area contributed by atoms with E-state index in [1.165, 1.54) is 0 Å². The normalized spacial score (nSPS) is 11.2. The number of hydrogen-bond acceptors (Lipinski definition) is 8. The average Bonchev–Trinajstić information content (AvgIpc) is 2.43. The zero-order valence-corrected chi connectivity index (χ0v) is 10.8. The summed E-state index contributed by atoms with van der Waals surface area (Å²) in [6.45, 7) is -0.377. The van der Waals surface area contributed by atoms with Crippen LogP contribution in [0, 0.1) is 0 Å². The van der Waals surface area contributed by atoms with Crippen molar-refractivity contribution in [3.05, 3.63) is 35.4 Å². The minimum absolute atomic E-state index is 0.00487. The van der Waals surface area contributed by atoms with Gasteiger partial charge in [0.05, 0.1) is 5.56 Å². The summed E-state index contributed by atoms with van der Waals surface area (Å²) in [4.78, 5) is 25.9. The summed E-state index contributed by atoms with van der Waals surface area (Å²) in [6.07, 6.45) is -4.00. The van der Waals surface area contributed by atoms with Gasteiger partial charge in [0.2, 0.25) is 11.9 Å². The van der Waals surface area contributed by atoms with Crippen LogP contribution < -0.4 is 11.5 Å². The second-order valence-corrected chi connectivity index (χ2v) is 3.97. The summed E-state index contributed by atoms with van der Waals surface area (Å²) in [6, 6.07) is 1.63. The molecule has 2 aromatic rings. The number of nitrogens with zero attached hydrogens (tertiary/aromatic N) is 4. The lowest BCUT2D eigenvalue weighted by Gasteiger charge is -2.07. The molecule has 0 aliphatic rings. The molecule has 0 saturated heterocycles. The Morgan fingerprint density at radius 1 is 1.14 bits per heavy atom. The third-order valence-corrected chi connectivity index (χ3v) is 2.35. The molecule has 0 aromatic carbocycles. The Kier molecular flexibility index (Phi) is 4.06. The number of nitrogens with two attached hydrogens (primary N) is 2. The number of rotatable bonds is 3. The van der Waals surface area contributed by atoms with Gasteiger partial charge in [0.1, 0.15) is 5.69 Å². The molecule has 0 atom stereocenters. The van der Waals surface area contributed by atoms with E-state index in [0.29, 0.717) is 6.20 Å². The maximum atomic E-state index is 12.4. The van der Waals surface area contributed by atoms with Crippen LogP contribution in [-0.2, 0) is 17.5 Å². The van der Waals surface area contributed by atoms with Crippen molar-refractivity contribution < 1.29 is 22.7 Å². The summed E-state index contributed by atoms with van der Waals surface area (Å²) < 4.78 is 41.9. The number of halogens is 3. The molecule has 0 aliphatic carbocycles. The minimum Gasteiger partial charge on any atom is -0.453 e. The van der Waals surface area contributed by atoms with Crippen LogP contribution >= 0.6 is 0 Å². The van der Waals surface area contributed by atoms with Gasteiger partial charge in [0.25, 0.3) is 0 Å². The van der Waals surface area contributed by atoms with Crippen molar-refractivity contribution in [2.24, 2.45) is 0 Å². The highest BCUT2D eigenvalue weighted by Crippen LogP contribution is 2.28. The molecule has 0 amide bonds. The lowest BCUT2D eigenvalue weighted by atomic mass is 10.2. The fourth-order valence-electron chi connectivity index (χ4n) is 1.41. The molecule has 0 unspecified atom stereocenters. The number of ether oxygens (including phenoxy) is 1. The molecule has 0 fully saturated rings. The lowest BCUT2D eigenvalue weighted by Crippen LogP contribution is -2.13. The van der Waals surface area contributed by atoms with Crippen LogP contribution in [0.25, 0.3) is 0 Å². The topological polar surface area (TPSA) is 130 Å². The fraction of sp³-hybridized carbons (Fsp3) is 0.182. The molecule has 0 bridgehead atoms. The highest BCUT2D eigenvalue weighted by atomic mass is 19.4. The molecule has 0 spiro atoms. The van der Waals surface area contributed by atoms with Gasteiger partial charge in [0, 0.05) is 6.20 Å². The van der Waals surface area contributed by atoms with E-state index < -0.39 is 17.7 Å². The third-order valence-electron chi connectivity index (χ3n) is 2.35. The van der Waals surface area contributed by atoms with Crippen LogP contribution in [0.5, 0.6) is 0 Å². The summed E-state index contributed by atoms with van der Waals surface area (Å²) >= 11 is 0. The number of anilines is 2. The summed E-state index contributed by atoms with van der Waals surface area (Å²) in [5.41, 5.74) is 9.41. The molecule has 22 heavy (non-hydrogen) atoms. The van der Waals surface area contributed by atoms with Gasteiger partial charge in [-0.25, -0.2) is 9.78 Å². The molecule has 2 aromatic heterocycles. The van der Waals surface area contributed by atoms with Crippen molar-refractivity contribution in [2.75, 3.05) is 11.5 Å². The SMILES string of the molecule is Nc1nc(N)nc(COC(=O)c2ccc(C(F)(F)F)cn2)n1. The highest BCUT2D eigenvalue weighted by Gasteiger charge is 2.31. The molecular formula is C11H9F3N6O2. The maximum Gasteiger partial charge on any atom is 0.417 e. The standard InChI is InChI=1S/C11H9F3N6O2/c12-11(13,14)5-1-2-6(17-3-5)8(21)22-4-7-18-9(15)20-10(16)19-7/h1-3H,4H2,(H4,15,16,18,19,20). The molecule has 0 aliphatic heterocycles. The Labute approximate surface area is 121 Å².